The third kappa shape index (κ3) is 2.15. The molecule has 1 N–H and O–H groups in total. The first kappa shape index (κ1) is 19.0. The maximum Gasteiger partial charge on any atom is 0.122 e. The highest BCUT2D eigenvalue weighted by molar-refractivity contribution is 5.50. The fourth-order valence-corrected chi connectivity index (χ4v) is 8.55. The zero-order chi connectivity index (χ0) is 20.3. The van der Waals surface area contributed by atoms with E-state index in [4.69, 9.17) is 0 Å². The van der Waals surface area contributed by atoms with Gasteiger partial charge in [0.2, 0.25) is 0 Å². The molecule has 154 valence electrons. The Labute approximate surface area is 172 Å². The highest BCUT2D eigenvalue weighted by Gasteiger charge is 2.62. The van der Waals surface area contributed by atoms with Crippen LogP contribution >= 0.6 is 0 Å². The minimum atomic E-state index is 0.322. The van der Waals surface area contributed by atoms with Gasteiger partial charge in [-0.25, -0.2) is 0 Å². The van der Waals surface area contributed by atoms with Gasteiger partial charge in [0.25, 0.3) is 0 Å². The van der Waals surface area contributed by atoms with Gasteiger partial charge in [-0.2, -0.15) is 0 Å². The lowest BCUT2D eigenvalue weighted by atomic mass is 9.62. The molecule has 0 saturated heterocycles. The van der Waals surface area contributed by atoms with Crippen molar-refractivity contribution in [3.05, 3.63) is 28.8 Å². The molecule has 4 aliphatic rings. The maximum atomic E-state index is 11.6. The minimum absolute atomic E-state index is 0.322. The lowest BCUT2D eigenvalue weighted by Crippen LogP contribution is -2.32. The van der Waals surface area contributed by atoms with Crippen molar-refractivity contribution in [3.63, 3.8) is 0 Å². The summed E-state index contributed by atoms with van der Waals surface area (Å²) in [4.78, 5) is 0. The molecular formula is C27H40O. The Hall–Kier alpha value is -0.980. The van der Waals surface area contributed by atoms with Crippen LogP contribution in [0.25, 0.3) is 0 Å². The van der Waals surface area contributed by atoms with Crippen LogP contribution in [0.2, 0.25) is 0 Å². The zero-order valence-electron chi connectivity index (χ0n) is 19.2. The van der Waals surface area contributed by atoms with E-state index in [0.29, 0.717) is 39.2 Å². The molecule has 1 aromatic carbocycles. The highest BCUT2D eigenvalue weighted by Crippen LogP contribution is 2.73. The number of phenols is 1. The van der Waals surface area contributed by atoms with Crippen molar-refractivity contribution in [2.45, 2.75) is 98.8 Å². The number of hydrogen-bond acceptors (Lipinski definition) is 1. The Morgan fingerprint density at radius 1 is 0.929 bits per heavy atom. The van der Waals surface area contributed by atoms with Crippen molar-refractivity contribution in [3.8, 4) is 5.75 Å². The molecule has 6 unspecified atom stereocenters. The molecule has 4 fully saturated rings. The molecule has 4 saturated carbocycles. The third-order valence-corrected chi connectivity index (χ3v) is 11.2. The zero-order valence-corrected chi connectivity index (χ0v) is 19.2. The molecule has 5 rings (SSSR count). The average molecular weight is 381 g/mol. The Balaban J connectivity index is 1.55. The lowest BCUT2D eigenvalue weighted by Gasteiger charge is -2.42. The van der Waals surface area contributed by atoms with Gasteiger partial charge in [0, 0.05) is 0 Å². The van der Waals surface area contributed by atoms with Crippen LogP contribution in [-0.2, 0) is 0 Å². The van der Waals surface area contributed by atoms with Crippen LogP contribution in [0.5, 0.6) is 5.75 Å². The molecule has 1 heteroatoms. The van der Waals surface area contributed by atoms with E-state index in [1.807, 2.05) is 0 Å². The van der Waals surface area contributed by atoms with Crippen LogP contribution in [0.15, 0.2) is 12.1 Å². The summed E-state index contributed by atoms with van der Waals surface area (Å²) in [7, 11) is 0. The van der Waals surface area contributed by atoms with Crippen molar-refractivity contribution in [1.29, 1.82) is 0 Å². The van der Waals surface area contributed by atoms with Gasteiger partial charge >= 0.3 is 0 Å². The molecule has 28 heavy (non-hydrogen) atoms. The van der Waals surface area contributed by atoms with Gasteiger partial charge in [-0.15, -0.1) is 0 Å². The first-order chi connectivity index (χ1) is 12.9. The average Bonchev–Trinajstić information content (AvgIpc) is 3.18. The van der Waals surface area contributed by atoms with E-state index in [9.17, 15) is 5.11 Å². The molecule has 0 aromatic heterocycles. The summed E-state index contributed by atoms with van der Waals surface area (Å²) in [5.74, 6) is 3.29. The quantitative estimate of drug-likeness (QED) is 0.561. The number of aromatic hydroxyl groups is 1. The summed E-state index contributed by atoms with van der Waals surface area (Å²) in [6.45, 7) is 17.1. The van der Waals surface area contributed by atoms with E-state index in [0.717, 1.165) is 11.8 Å². The summed E-state index contributed by atoms with van der Waals surface area (Å²) in [5, 5.41) is 11.6. The summed E-state index contributed by atoms with van der Waals surface area (Å²) < 4.78 is 0. The number of phenolic OH excluding ortho intramolecular Hbond substituents is 1. The molecule has 4 aliphatic carbocycles. The monoisotopic (exact) mass is 380 g/mol. The molecule has 6 atom stereocenters. The van der Waals surface area contributed by atoms with Gasteiger partial charge in [-0.1, -0.05) is 59.2 Å². The molecule has 0 amide bonds. The van der Waals surface area contributed by atoms with Crippen LogP contribution in [0.3, 0.4) is 0 Å². The predicted octanol–water partition coefficient (Wildman–Crippen LogP) is 7.56. The summed E-state index contributed by atoms with van der Waals surface area (Å²) in [5.41, 5.74) is 5.49. The maximum absolute atomic E-state index is 11.6. The number of aryl methyl sites for hydroxylation is 1. The molecular weight excluding hydrogens is 340 g/mol. The lowest BCUT2D eigenvalue weighted by molar-refractivity contribution is 0.102. The Kier molecular flexibility index (Phi) is 3.65. The summed E-state index contributed by atoms with van der Waals surface area (Å²) in [6, 6.07) is 4.64. The molecule has 1 nitrogen and oxygen atoms in total. The van der Waals surface area contributed by atoms with Crippen molar-refractivity contribution in [1.82, 2.24) is 0 Å². The highest BCUT2D eigenvalue weighted by atomic mass is 16.3. The van der Waals surface area contributed by atoms with Gasteiger partial charge in [-0.05, 0) is 102 Å². The fraction of sp³-hybridized carbons (Fsp3) is 0.778. The van der Waals surface area contributed by atoms with Crippen molar-refractivity contribution in [2.75, 3.05) is 0 Å². The first-order valence-corrected chi connectivity index (χ1v) is 11.7. The van der Waals surface area contributed by atoms with Crippen LogP contribution in [-0.4, -0.2) is 5.11 Å². The summed E-state index contributed by atoms with van der Waals surface area (Å²) in [6.07, 6.45) is 7.85. The third-order valence-electron chi connectivity index (χ3n) is 11.2. The first-order valence-electron chi connectivity index (χ1n) is 11.7. The normalized spacial score (nSPS) is 45.1. The Bertz CT molecular complexity index is 831. The summed E-state index contributed by atoms with van der Waals surface area (Å²) >= 11 is 0. The van der Waals surface area contributed by atoms with E-state index in [2.05, 4.69) is 60.6 Å². The Morgan fingerprint density at radius 3 is 2.11 bits per heavy atom. The van der Waals surface area contributed by atoms with E-state index >= 15 is 0 Å². The van der Waals surface area contributed by atoms with Crippen molar-refractivity contribution >= 4 is 0 Å². The van der Waals surface area contributed by atoms with E-state index in [1.165, 1.54) is 55.2 Å². The van der Waals surface area contributed by atoms with E-state index in [1.54, 1.807) is 0 Å². The van der Waals surface area contributed by atoms with E-state index < -0.39 is 0 Å². The Morgan fingerprint density at radius 2 is 1.61 bits per heavy atom. The van der Waals surface area contributed by atoms with Gasteiger partial charge in [-0.3, -0.25) is 0 Å². The number of rotatable bonds is 2. The molecule has 0 radical (unpaired) electrons. The van der Waals surface area contributed by atoms with Crippen LogP contribution in [0.4, 0.5) is 0 Å². The smallest absolute Gasteiger partial charge is 0.122 e. The standard InChI is InChI=1S/C27H40O/c1-16-10-19(21-15-26(6)14-17(21)13-24(26,2)3)23(28)20(11-16)22-12-18-8-9-27(22,7)25(18,4)5/h10-11,17-18,21-22,28H,8-9,12-15H2,1-7H3. The molecule has 0 aliphatic heterocycles. The van der Waals surface area contributed by atoms with Gasteiger partial charge in [0.1, 0.15) is 5.75 Å². The number of benzene rings is 1. The second-order valence-corrected chi connectivity index (χ2v) is 12.9. The SMILES string of the molecule is Cc1cc(C2CC3(C)CC2CC3(C)C)c(O)c(C2CC3CCC2(C)C3(C)C)c1. The van der Waals surface area contributed by atoms with Gasteiger partial charge in [0.05, 0.1) is 0 Å². The van der Waals surface area contributed by atoms with Crippen molar-refractivity contribution < 1.29 is 5.11 Å². The molecule has 1 aromatic rings. The van der Waals surface area contributed by atoms with Gasteiger partial charge in [0.15, 0.2) is 0 Å². The molecule has 0 spiro atoms. The fourth-order valence-electron chi connectivity index (χ4n) is 8.55. The topological polar surface area (TPSA) is 20.2 Å². The molecule has 4 bridgehead atoms. The minimum Gasteiger partial charge on any atom is -0.507 e. The largest absolute Gasteiger partial charge is 0.507 e. The predicted molar refractivity (Wildman–Crippen MR) is 117 cm³/mol. The number of fused-ring (bicyclic) bond motifs is 4. The van der Waals surface area contributed by atoms with E-state index in [-0.39, 0.29) is 0 Å². The number of hydrogen-bond donors (Lipinski definition) is 1. The van der Waals surface area contributed by atoms with Crippen molar-refractivity contribution in [2.24, 2.45) is 33.5 Å². The van der Waals surface area contributed by atoms with Crippen LogP contribution < -0.4 is 0 Å². The second kappa shape index (κ2) is 5.38. The van der Waals surface area contributed by atoms with Crippen LogP contribution in [0.1, 0.15) is 109 Å². The van der Waals surface area contributed by atoms with Crippen LogP contribution in [0, 0.1) is 40.4 Å². The second-order valence-electron chi connectivity index (χ2n) is 12.9. The van der Waals surface area contributed by atoms with Gasteiger partial charge < -0.3 is 5.11 Å². The molecule has 0 heterocycles.